The summed E-state index contributed by atoms with van der Waals surface area (Å²) in [5, 5.41) is 17.4. The van der Waals surface area contributed by atoms with Gasteiger partial charge in [0.1, 0.15) is 12.4 Å². The highest BCUT2D eigenvalue weighted by atomic mass is 127. The first-order chi connectivity index (χ1) is 13.4. The molecule has 164 valence electrons. The van der Waals surface area contributed by atoms with Crippen LogP contribution in [0.5, 0.6) is 0 Å². The molecule has 0 aliphatic carbocycles. The van der Waals surface area contributed by atoms with E-state index in [1.165, 1.54) is 4.88 Å². The lowest BCUT2D eigenvalue weighted by molar-refractivity contribution is 0.178. The lowest BCUT2D eigenvalue weighted by atomic mass is 10.2. The number of rotatable bonds is 10. The smallest absolute Gasteiger partial charge is 0.191 e. The maximum absolute atomic E-state index is 4.73. The van der Waals surface area contributed by atoms with E-state index in [0.717, 1.165) is 43.7 Å². The first kappa shape index (κ1) is 25.8. The number of aryl methyl sites for hydroxylation is 1. The van der Waals surface area contributed by atoms with Crippen LogP contribution in [0.3, 0.4) is 0 Å². The number of nitrogens with zero attached hydrogens (tertiary/aromatic N) is 5. The molecule has 0 radical (unpaired) electrons. The van der Waals surface area contributed by atoms with Gasteiger partial charge in [0, 0.05) is 43.6 Å². The minimum Gasteiger partial charge on any atom is -0.356 e. The normalized spacial score (nSPS) is 12.0. The van der Waals surface area contributed by atoms with Gasteiger partial charge in [0.15, 0.2) is 11.8 Å². The molecule has 0 saturated carbocycles. The molecule has 0 aromatic carbocycles. The molecular formula is C20H36IN7S. The predicted molar refractivity (Wildman–Crippen MR) is 133 cm³/mol. The molecular weight excluding hydrogens is 497 g/mol. The fourth-order valence-electron chi connectivity index (χ4n) is 3.09. The molecule has 0 bridgehead atoms. The number of halogens is 1. The Bertz CT molecular complexity index is 717. The molecule has 7 nitrogen and oxygen atoms in total. The molecule has 0 atom stereocenters. The van der Waals surface area contributed by atoms with Gasteiger partial charge in [-0.3, -0.25) is 4.90 Å². The van der Waals surface area contributed by atoms with Gasteiger partial charge in [0.2, 0.25) is 0 Å². The van der Waals surface area contributed by atoms with Crippen LogP contribution >= 0.6 is 35.3 Å². The summed E-state index contributed by atoms with van der Waals surface area (Å²) in [7, 11) is 1.97. The fraction of sp³-hybridized carbons (Fsp3) is 0.650. The zero-order valence-electron chi connectivity index (χ0n) is 18.5. The Morgan fingerprint density at radius 2 is 1.86 bits per heavy atom. The summed E-state index contributed by atoms with van der Waals surface area (Å²) in [4.78, 5) is 8.58. The molecule has 9 heteroatoms. The molecule has 0 spiro atoms. The molecule has 29 heavy (non-hydrogen) atoms. The summed E-state index contributed by atoms with van der Waals surface area (Å²) in [6.45, 7) is 14.1. The molecule has 0 aliphatic heterocycles. The molecule has 2 heterocycles. The number of guanidine groups is 1. The van der Waals surface area contributed by atoms with E-state index < -0.39 is 0 Å². The van der Waals surface area contributed by atoms with Crippen molar-refractivity contribution in [2.45, 2.75) is 59.7 Å². The first-order valence-electron chi connectivity index (χ1n) is 10.0. The van der Waals surface area contributed by atoms with E-state index in [9.17, 15) is 0 Å². The second-order valence-corrected chi connectivity index (χ2v) is 8.53. The number of hydrogen-bond acceptors (Lipinski definition) is 5. The third kappa shape index (κ3) is 8.59. The second kappa shape index (κ2) is 13.2. The maximum atomic E-state index is 4.73. The zero-order chi connectivity index (χ0) is 20.5. The van der Waals surface area contributed by atoms with Gasteiger partial charge >= 0.3 is 0 Å². The summed E-state index contributed by atoms with van der Waals surface area (Å²) >= 11 is 1.79. The number of thiophene rings is 1. The standard InChI is InChI=1S/C20H35N7S.HI/c1-15(2)27(16(3)4)12-11-22-20(21-10-9-18-8-7-13-28-18)23-14-19-25-24-17(5)26(19)6;/h7-8,13,15-16H,9-12,14H2,1-6H3,(H2,21,22,23);1H. The maximum Gasteiger partial charge on any atom is 0.191 e. The summed E-state index contributed by atoms with van der Waals surface area (Å²) in [6.07, 6.45) is 0.992. The van der Waals surface area contributed by atoms with E-state index in [1.54, 1.807) is 11.3 Å². The molecule has 0 amide bonds. The van der Waals surface area contributed by atoms with Gasteiger partial charge in [-0.1, -0.05) is 6.07 Å². The van der Waals surface area contributed by atoms with Crippen LogP contribution in [0.25, 0.3) is 0 Å². The van der Waals surface area contributed by atoms with Crippen LogP contribution in [0.1, 0.15) is 44.2 Å². The molecule has 0 aliphatic rings. The Morgan fingerprint density at radius 3 is 2.41 bits per heavy atom. The minimum absolute atomic E-state index is 0. The summed E-state index contributed by atoms with van der Waals surface area (Å²) in [5.41, 5.74) is 0. The molecule has 2 aromatic heterocycles. The lowest BCUT2D eigenvalue weighted by Crippen LogP contribution is -2.45. The number of hydrogen-bond donors (Lipinski definition) is 2. The number of aromatic nitrogens is 3. The Hall–Kier alpha value is -1.20. The molecule has 0 unspecified atom stereocenters. The average Bonchev–Trinajstić information content (AvgIpc) is 3.26. The second-order valence-electron chi connectivity index (χ2n) is 7.50. The van der Waals surface area contributed by atoms with Crippen LogP contribution in [0.4, 0.5) is 0 Å². The van der Waals surface area contributed by atoms with E-state index in [1.807, 2.05) is 18.5 Å². The minimum atomic E-state index is 0. The molecule has 0 saturated heterocycles. The zero-order valence-corrected chi connectivity index (χ0v) is 21.6. The topological polar surface area (TPSA) is 70.4 Å². The highest BCUT2D eigenvalue weighted by molar-refractivity contribution is 14.0. The van der Waals surface area contributed by atoms with Crippen LogP contribution in [-0.4, -0.2) is 57.3 Å². The van der Waals surface area contributed by atoms with Crippen molar-refractivity contribution in [1.82, 2.24) is 30.3 Å². The van der Waals surface area contributed by atoms with Crippen LogP contribution < -0.4 is 10.6 Å². The molecule has 2 aromatic rings. The fourth-order valence-corrected chi connectivity index (χ4v) is 3.80. The Kier molecular flexibility index (Phi) is 11.7. The quantitative estimate of drug-likeness (QED) is 0.279. The van der Waals surface area contributed by atoms with Crippen molar-refractivity contribution in [2.75, 3.05) is 19.6 Å². The Labute approximate surface area is 196 Å². The summed E-state index contributed by atoms with van der Waals surface area (Å²) in [5.74, 6) is 2.59. The average molecular weight is 534 g/mol. The SMILES string of the molecule is Cc1nnc(CN=C(NCCc2cccs2)NCCN(C(C)C)C(C)C)n1C.I. The summed E-state index contributed by atoms with van der Waals surface area (Å²) in [6, 6.07) is 5.31. The Balaban J connectivity index is 0.00000420. The van der Waals surface area contributed by atoms with Gasteiger partial charge in [-0.05, 0) is 52.5 Å². The van der Waals surface area contributed by atoms with Crippen molar-refractivity contribution in [1.29, 1.82) is 0 Å². The third-order valence-corrected chi connectivity index (χ3v) is 5.73. The van der Waals surface area contributed by atoms with Gasteiger partial charge in [0.05, 0.1) is 0 Å². The summed E-state index contributed by atoms with van der Waals surface area (Å²) < 4.78 is 1.98. The van der Waals surface area contributed by atoms with Crippen LogP contribution in [0.2, 0.25) is 0 Å². The van der Waals surface area contributed by atoms with Crippen LogP contribution in [0.15, 0.2) is 22.5 Å². The van der Waals surface area contributed by atoms with Crippen LogP contribution in [0, 0.1) is 6.92 Å². The van der Waals surface area contributed by atoms with Crippen molar-refractivity contribution < 1.29 is 0 Å². The molecule has 0 fully saturated rings. The van der Waals surface area contributed by atoms with Crippen LogP contribution in [-0.2, 0) is 20.0 Å². The van der Waals surface area contributed by atoms with Gasteiger partial charge in [-0.15, -0.1) is 45.5 Å². The van der Waals surface area contributed by atoms with E-state index in [0.29, 0.717) is 18.6 Å². The van der Waals surface area contributed by atoms with Gasteiger partial charge in [0.25, 0.3) is 0 Å². The van der Waals surface area contributed by atoms with E-state index in [4.69, 9.17) is 4.99 Å². The highest BCUT2D eigenvalue weighted by Crippen LogP contribution is 2.08. The van der Waals surface area contributed by atoms with Crippen molar-refractivity contribution >= 4 is 41.3 Å². The van der Waals surface area contributed by atoms with Crippen molar-refractivity contribution in [2.24, 2.45) is 12.0 Å². The van der Waals surface area contributed by atoms with Crippen molar-refractivity contribution in [3.63, 3.8) is 0 Å². The number of aliphatic imine (C=N–C) groups is 1. The van der Waals surface area contributed by atoms with E-state index in [-0.39, 0.29) is 24.0 Å². The molecule has 2 rings (SSSR count). The van der Waals surface area contributed by atoms with Gasteiger partial charge in [-0.25, -0.2) is 4.99 Å². The van der Waals surface area contributed by atoms with Gasteiger partial charge < -0.3 is 15.2 Å². The highest BCUT2D eigenvalue weighted by Gasteiger charge is 2.13. The first-order valence-corrected chi connectivity index (χ1v) is 10.9. The molecule has 2 N–H and O–H groups in total. The van der Waals surface area contributed by atoms with E-state index in [2.05, 4.69) is 70.9 Å². The van der Waals surface area contributed by atoms with Crippen molar-refractivity contribution in [3.05, 3.63) is 34.0 Å². The van der Waals surface area contributed by atoms with Crippen molar-refractivity contribution in [3.8, 4) is 0 Å². The largest absolute Gasteiger partial charge is 0.356 e. The third-order valence-electron chi connectivity index (χ3n) is 4.79. The monoisotopic (exact) mass is 533 g/mol. The van der Waals surface area contributed by atoms with E-state index >= 15 is 0 Å². The lowest BCUT2D eigenvalue weighted by Gasteiger charge is -2.30. The van der Waals surface area contributed by atoms with Gasteiger partial charge in [-0.2, -0.15) is 0 Å². The Morgan fingerprint density at radius 1 is 1.17 bits per heavy atom. The number of nitrogens with one attached hydrogen (secondary N) is 2. The predicted octanol–water partition coefficient (Wildman–Crippen LogP) is 3.20.